The summed E-state index contributed by atoms with van der Waals surface area (Å²) in [6.45, 7) is 2.61. The van der Waals surface area contributed by atoms with E-state index < -0.39 is 17.7 Å². The number of carbonyl (C=O) groups excluding carboxylic acids is 2. The molecule has 3 heterocycles. The number of amides is 1. The van der Waals surface area contributed by atoms with E-state index in [-0.39, 0.29) is 11.3 Å². The zero-order valence-corrected chi connectivity index (χ0v) is 20.3. The maximum absolute atomic E-state index is 13.2. The maximum Gasteiger partial charge on any atom is 0.302 e. The molecule has 0 bridgehead atoms. The molecule has 0 saturated carbocycles. The van der Waals surface area contributed by atoms with Crippen LogP contribution in [-0.2, 0) is 9.59 Å². The van der Waals surface area contributed by atoms with Gasteiger partial charge in [0.25, 0.3) is 5.78 Å². The number of hydrogen-bond donors (Lipinski definition) is 1. The maximum atomic E-state index is 13.2. The number of unbranched alkanes of at least 4 members (excludes halogenated alkanes) is 1. The molecule has 1 amide bonds. The van der Waals surface area contributed by atoms with Crippen LogP contribution in [0.1, 0.15) is 37.1 Å². The van der Waals surface area contributed by atoms with Crippen LogP contribution in [0.2, 0.25) is 5.02 Å². The van der Waals surface area contributed by atoms with Crippen molar-refractivity contribution < 1.29 is 23.8 Å². The zero-order valence-electron chi connectivity index (χ0n) is 18.7. The standard InChI is InChI=1S/C26H21ClN2O5S/c1-2-3-11-33-17-7-4-6-15(13-17)23(30)21-22(19-8-5-12-34-19)29(25(32)24(21)31)26-28-18-10-9-16(27)14-20(18)35-26/h4-10,12-14,22,30H,2-3,11H2,1H3. The Morgan fingerprint density at radius 3 is 2.83 bits per heavy atom. The fourth-order valence-electron chi connectivity index (χ4n) is 3.96. The average molecular weight is 509 g/mol. The van der Waals surface area contributed by atoms with Gasteiger partial charge in [-0.3, -0.25) is 14.5 Å². The van der Waals surface area contributed by atoms with Crippen molar-refractivity contribution in [2.45, 2.75) is 25.8 Å². The number of aliphatic hydroxyl groups excluding tert-OH is 1. The lowest BCUT2D eigenvalue weighted by Crippen LogP contribution is -2.29. The third-order valence-electron chi connectivity index (χ3n) is 5.68. The molecule has 0 spiro atoms. The van der Waals surface area contributed by atoms with Crippen molar-refractivity contribution in [2.75, 3.05) is 11.5 Å². The number of thiazole rings is 1. The first-order valence-corrected chi connectivity index (χ1v) is 12.3. The molecule has 7 nitrogen and oxygen atoms in total. The molecular weight excluding hydrogens is 488 g/mol. The number of furan rings is 1. The van der Waals surface area contributed by atoms with Gasteiger partial charge in [-0.15, -0.1) is 0 Å². The molecule has 9 heteroatoms. The first kappa shape index (κ1) is 23.1. The summed E-state index contributed by atoms with van der Waals surface area (Å²) in [5.41, 5.74) is 0.934. The number of rotatable bonds is 7. The Balaban J connectivity index is 1.61. The normalized spacial score (nSPS) is 17.4. The number of fused-ring (bicyclic) bond motifs is 1. The Morgan fingerprint density at radius 2 is 2.06 bits per heavy atom. The van der Waals surface area contributed by atoms with E-state index in [0.29, 0.717) is 39.4 Å². The molecule has 2 aromatic carbocycles. The molecule has 1 aliphatic rings. The van der Waals surface area contributed by atoms with E-state index in [1.807, 2.05) is 0 Å². The van der Waals surface area contributed by atoms with Gasteiger partial charge in [0, 0.05) is 10.6 Å². The molecule has 1 saturated heterocycles. The Morgan fingerprint density at radius 1 is 1.20 bits per heavy atom. The molecule has 1 unspecified atom stereocenters. The summed E-state index contributed by atoms with van der Waals surface area (Å²) in [6, 6.07) is 14.4. The van der Waals surface area contributed by atoms with E-state index in [9.17, 15) is 14.7 Å². The second-order valence-electron chi connectivity index (χ2n) is 8.02. The summed E-state index contributed by atoms with van der Waals surface area (Å²) in [5, 5.41) is 12.1. The predicted molar refractivity (Wildman–Crippen MR) is 135 cm³/mol. The smallest absolute Gasteiger partial charge is 0.302 e. The van der Waals surface area contributed by atoms with Gasteiger partial charge in [0.2, 0.25) is 0 Å². The van der Waals surface area contributed by atoms with Crippen LogP contribution in [0.3, 0.4) is 0 Å². The summed E-state index contributed by atoms with van der Waals surface area (Å²) in [6.07, 6.45) is 3.34. The summed E-state index contributed by atoms with van der Waals surface area (Å²) in [4.78, 5) is 32.3. The topological polar surface area (TPSA) is 92.9 Å². The van der Waals surface area contributed by atoms with Crippen molar-refractivity contribution in [1.82, 2.24) is 4.98 Å². The van der Waals surface area contributed by atoms with Crippen molar-refractivity contribution in [2.24, 2.45) is 0 Å². The van der Waals surface area contributed by atoms with Crippen molar-refractivity contribution in [3.05, 3.63) is 82.8 Å². The first-order valence-electron chi connectivity index (χ1n) is 11.1. The fraction of sp³-hybridized carbons (Fsp3) is 0.192. The molecule has 35 heavy (non-hydrogen) atoms. The second kappa shape index (κ2) is 9.56. The number of anilines is 1. The van der Waals surface area contributed by atoms with Crippen molar-refractivity contribution in [1.29, 1.82) is 0 Å². The summed E-state index contributed by atoms with van der Waals surface area (Å²) < 4.78 is 12.1. The van der Waals surface area contributed by atoms with Gasteiger partial charge in [-0.05, 0) is 48.9 Å². The first-order chi connectivity index (χ1) is 17.0. The number of hydrogen-bond acceptors (Lipinski definition) is 7. The average Bonchev–Trinajstić information content (AvgIpc) is 3.58. The molecule has 0 aliphatic carbocycles. The lowest BCUT2D eigenvalue weighted by Gasteiger charge is -2.20. The number of benzene rings is 2. The molecule has 2 aromatic heterocycles. The quantitative estimate of drug-likeness (QED) is 0.135. The van der Waals surface area contributed by atoms with E-state index >= 15 is 0 Å². The fourth-order valence-corrected chi connectivity index (χ4v) is 5.23. The number of ketones is 1. The Bertz CT molecular complexity index is 1440. The number of aliphatic hydroxyl groups is 1. The minimum Gasteiger partial charge on any atom is -0.507 e. The monoisotopic (exact) mass is 508 g/mol. The second-order valence-corrected chi connectivity index (χ2v) is 9.47. The van der Waals surface area contributed by atoms with Crippen LogP contribution in [0.5, 0.6) is 5.75 Å². The van der Waals surface area contributed by atoms with E-state index in [0.717, 1.165) is 17.5 Å². The van der Waals surface area contributed by atoms with E-state index in [1.165, 1.54) is 22.5 Å². The van der Waals surface area contributed by atoms with Crippen LogP contribution >= 0.6 is 22.9 Å². The Kier molecular flexibility index (Phi) is 6.32. The minimum absolute atomic E-state index is 0.0760. The summed E-state index contributed by atoms with van der Waals surface area (Å²) in [5.74, 6) is -1.03. The molecule has 1 fully saturated rings. The van der Waals surface area contributed by atoms with Gasteiger partial charge in [-0.25, -0.2) is 4.98 Å². The number of aromatic nitrogens is 1. The SMILES string of the molecule is CCCCOc1cccc(C(O)=C2C(=O)C(=O)N(c3nc4ccc(Cl)cc4s3)C2c2ccco2)c1. The van der Waals surface area contributed by atoms with Gasteiger partial charge in [0.15, 0.2) is 5.13 Å². The molecule has 0 radical (unpaired) electrons. The van der Waals surface area contributed by atoms with Crippen LogP contribution in [0, 0.1) is 0 Å². The largest absolute Gasteiger partial charge is 0.507 e. The highest BCUT2D eigenvalue weighted by molar-refractivity contribution is 7.22. The van der Waals surface area contributed by atoms with Crippen LogP contribution in [0.15, 0.2) is 70.9 Å². The predicted octanol–water partition coefficient (Wildman–Crippen LogP) is 6.35. The molecule has 1 aliphatic heterocycles. The highest BCUT2D eigenvalue weighted by Crippen LogP contribution is 2.44. The number of carbonyl (C=O) groups is 2. The highest BCUT2D eigenvalue weighted by atomic mass is 35.5. The number of ether oxygens (including phenoxy) is 1. The Hall–Kier alpha value is -3.62. The van der Waals surface area contributed by atoms with Gasteiger partial charge in [-0.1, -0.05) is 48.4 Å². The van der Waals surface area contributed by atoms with Crippen LogP contribution < -0.4 is 9.64 Å². The van der Waals surface area contributed by atoms with Gasteiger partial charge >= 0.3 is 5.91 Å². The minimum atomic E-state index is -0.981. The third-order valence-corrected chi connectivity index (χ3v) is 6.93. The number of halogens is 1. The van der Waals surface area contributed by atoms with Gasteiger partial charge in [0.1, 0.15) is 23.3 Å². The van der Waals surface area contributed by atoms with Crippen LogP contribution in [0.25, 0.3) is 16.0 Å². The van der Waals surface area contributed by atoms with Crippen LogP contribution in [-0.4, -0.2) is 28.4 Å². The molecule has 178 valence electrons. The molecular formula is C26H21ClN2O5S. The van der Waals surface area contributed by atoms with Crippen molar-refractivity contribution in [3.63, 3.8) is 0 Å². The number of Topliss-reactive ketones (excluding diaryl/α,β-unsaturated/α-hetero) is 1. The molecule has 5 rings (SSSR count). The van der Waals surface area contributed by atoms with Gasteiger partial charge in [-0.2, -0.15) is 0 Å². The Labute approximate surface area is 210 Å². The lowest BCUT2D eigenvalue weighted by molar-refractivity contribution is -0.132. The van der Waals surface area contributed by atoms with Crippen molar-refractivity contribution >= 4 is 55.7 Å². The van der Waals surface area contributed by atoms with Crippen LogP contribution in [0.4, 0.5) is 5.13 Å². The molecule has 1 N–H and O–H groups in total. The van der Waals surface area contributed by atoms with E-state index in [1.54, 1.807) is 54.6 Å². The molecule has 4 aromatic rings. The summed E-state index contributed by atoms with van der Waals surface area (Å²) >= 11 is 7.34. The van der Waals surface area contributed by atoms with E-state index in [2.05, 4.69) is 11.9 Å². The number of nitrogens with zero attached hydrogens (tertiary/aromatic N) is 2. The van der Waals surface area contributed by atoms with E-state index in [4.69, 9.17) is 20.8 Å². The molecule has 1 atom stereocenters. The van der Waals surface area contributed by atoms with Gasteiger partial charge < -0.3 is 14.3 Å². The van der Waals surface area contributed by atoms with Crippen molar-refractivity contribution in [3.8, 4) is 5.75 Å². The lowest BCUT2D eigenvalue weighted by atomic mass is 9.99. The highest BCUT2D eigenvalue weighted by Gasteiger charge is 2.49. The summed E-state index contributed by atoms with van der Waals surface area (Å²) in [7, 11) is 0. The van der Waals surface area contributed by atoms with Gasteiger partial charge in [0.05, 0.1) is 28.7 Å². The zero-order chi connectivity index (χ0) is 24.5. The third kappa shape index (κ3) is 4.31.